The van der Waals surface area contributed by atoms with Gasteiger partial charge in [0.25, 0.3) is 0 Å². The van der Waals surface area contributed by atoms with E-state index in [2.05, 4.69) is 21.3 Å². The molecule has 2 aromatic rings. The normalized spacial score (nSPS) is 19.3. The average Bonchev–Trinajstić information content (AvgIpc) is 3.34. The molecule has 138 valence electrons. The van der Waals surface area contributed by atoms with Crippen LogP contribution >= 0.6 is 11.3 Å². The highest BCUT2D eigenvalue weighted by molar-refractivity contribution is 7.09. The molecule has 2 aliphatic heterocycles. The maximum absolute atomic E-state index is 12.5. The Kier molecular flexibility index (Phi) is 4.97. The summed E-state index contributed by atoms with van der Waals surface area (Å²) in [5.41, 5.74) is 4.16. The average molecular weight is 372 g/mol. The zero-order valence-corrected chi connectivity index (χ0v) is 15.8. The predicted molar refractivity (Wildman–Crippen MR) is 103 cm³/mol. The summed E-state index contributed by atoms with van der Waals surface area (Å²) >= 11 is 1.64. The van der Waals surface area contributed by atoms with Crippen molar-refractivity contribution in [3.8, 4) is 5.75 Å². The lowest BCUT2D eigenvalue weighted by atomic mass is 10.1. The summed E-state index contributed by atoms with van der Waals surface area (Å²) in [5.74, 6) is 1.37. The summed E-state index contributed by atoms with van der Waals surface area (Å²) in [6.07, 6.45) is 1.94. The molecule has 0 bridgehead atoms. The quantitative estimate of drug-likeness (QED) is 0.897. The number of para-hydroxylation sites is 2. The van der Waals surface area contributed by atoms with Gasteiger partial charge in [0.05, 0.1) is 30.5 Å². The van der Waals surface area contributed by atoms with Crippen LogP contribution in [-0.4, -0.2) is 49.2 Å². The van der Waals surface area contributed by atoms with E-state index in [4.69, 9.17) is 4.74 Å². The highest BCUT2D eigenvalue weighted by atomic mass is 32.1. The standard InChI is InChI=1S/C19H24N4O2S/c1-25-17-5-3-2-4-16(17)22-8-6-14(11-22)10-20-19(24)23-9-7-15-18(12-23)26-13-21-15/h2-5,13-14H,6-12H2,1H3,(H,20,24). The van der Waals surface area contributed by atoms with Gasteiger partial charge in [0, 0.05) is 37.5 Å². The number of urea groups is 1. The van der Waals surface area contributed by atoms with E-state index in [0.717, 1.165) is 56.2 Å². The second-order valence-corrected chi connectivity index (χ2v) is 7.79. The van der Waals surface area contributed by atoms with Gasteiger partial charge in [-0.25, -0.2) is 9.78 Å². The number of anilines is 1. The maximum Gasteiger partial charge on any atom is 0.317 e. The van der Waals surface area contributed by atoms with Crippen LogP contribution in [0, 0.1) is 5.92 Å². The number of methoxy groups -OCH3 is 1. The van der Waals surface area contributed by atoms with E-state index >= 15 is 0 Å². The Morgan fingerprint density at radius 1 is 1.38 bits per heavy atom. The van der Waals surface area contributed by atoms with Gasteiger partial charge in [0.2, 0.25) is 0 Å². The summed E-state index contributed by atoms with van der Waals surface area (Å²) in [5, 5.41) is 3.13. The van der Waals surface area contributed by atoms with Gasteiger partial charge >= 0.3 is 6.03 Å². The summed E-state index contributed by atoms with van der Waals surface area (Å²) in [7, 11) is 1.71. The van der Waals surface area contributed by atoms with E-state index in [0.29, 0.717) is 12.5 Å². The van der Waals surface area contributed by atoms with Gasteiger partial charge < -0.3 is 19.9 Å². The van der Waals surface area contributed by atoms with Gasteiger partial charge in [-0.1, -0.05) is 12.1 Å². The Morgan fingerprint density at radius 2 is 2.27 bits per heavy atom. The molecule has 4 rings (SSSR count). The Labute approximate surface area is 157 Å². The molecule has 7 heteroatoms. The lowest BCUT2D eigenvalue weighted by molar-refractivity contribution is 0.191. The lowest BCUT2D eigenvalue weighted by Gasteiger charge is -2.27. The smallest absolute Gasteiger partial charge is 0.317 e. The summed E-state index contributed by atoms with van der Waals surface area (Å²) < 4.78 is 5.47. The lowest BCUT2D eigenvalue weighted by Crippen LogP contribution is -2.44. The molecular weight excluding hydrogens is 348 g/mol. The number of nitrogens with one attached hydrogen (secondary N) is 1. The van der Waals surface area contributed by atoms with Crippen molar-refractivity contribution in [2.75, 3.05) is 38.2 Å². The fourth-order valence-corrected chi connectivity index (χ4v) is 4.57. The van der Waals surface area contributed by atoms with E-state index in [1.165, 1.54) is 4.88 Å². The van der Waals surface area contributed by atoms with Crippen LogP contribution in [0.1, 0.15) is 17.0 Å². The van der Waals surface area contributed by atoms with Crippen LogP contribution in [0.5, 0.6) is 5.75 Å². The molecule has 1 saturated heterocycles. The van der Waals surface area contributed by atoms with Crippen molar-refractivity contribution in [3.05, 3.63) is 40.3 Å². The minimum atomic E-state index is 0.0415. The number of hydrogen-bond donors (Lipinski definition) is 1. The van der Waals surface area contributed by atoms with Crippen LogP contribution in [0.3, 0.4) is 0 Å². The minimum absolute atomic E-state index is 0.0415. The first-order valence-corrected chi connectivity index (χ1v) is 9.94. The van der Waals surface area contributed by atoms with Gasteiger partial charge in [-0.3, -0.25) is 0 Å². The zero-order chi connectivity index (χ0) is 17.9. The van der Waals surface area contributed by atoms with Crippen molar-refractivity contribution in [1.29, 1.82) is 0 Å². The first-order valence-electron chi connectivity index (χ1n) is 9.06. The number of hydrogen-bond acceptors (Lipinski definition) is 5. The zero-order valence-electron chi connectivity index (χ0n) is 15.0. The number of fused-ring (bicyclic) bond motifs is 1. The third-order valence-corrected chi connectivity index (χ3v) is 6.08. The summed E-state index contributed by atoms with van der Waals surface area (Å²) in [6.45, 7) is 4.09. The van der Waals surface area contributed by atoms with Gasteiger partial charge in [-0.2, -0.15) is 0 Å². The SMILES string of the molecule is COc1ccccc1N1CCC(CNC(=O)N2CCc3ncsc3C2)C1. The molecule has 1 unspecified atom stereocenters. The molecule has 1 N–H and O–H groups in total. The number of rotatable bonds is 4. The third-order valence-electron chi connectivity index (χ3n) is 5.22. The van der Waals surface area contributed by atoms with E-state index < -0.39 is 0 Å². The number of carbonyl (C=O) groups is 1. The fraction of sp³-hybridized carbons (Fsp3) is 0.474. The van der Waals surface area contributed by atoms with Crippen molar-refractivity contribution in [2.24, 2.45) is 5.92 Å². The molecule has 1 fully saturated rings. The molecular formula is C19H24N4O2S. The molecule has 0 saturated carbocycles. The monoisotopic (exact) mass is 372 g/mol. The van der Waals surface area contributed by atoms with Crippen molar-refractivity contribution in [2.45, 2.75) is 19.4 Å². The van der Waals surface area contributed by atoms with E-state index in [1.54, 1.807) is 18.4 Å². The Balaban J connectivity index is 1.29. The molecule has 2 aliphatic rings. The highest BCUT2D eigenvalue weighted by Gasteiger charge is 2.27. The number of nitrogens with zero attached hydrogens (tertiary/aromatic N) is 3. The molecule has 0 spiro atoms. The van der Waals surface area contributed by atoms with E-state index in [1.807, 2.05) is 28.6 Å². The van der Waals surface area contributed by atoms with Crippen LogP contribution < -0.4 is 15.0 Å². The second-order valence-electron chi connectivity index (χ2n) is 6.85. The van der Waals surface area contributed by atoms with Crippen LogP contribution in [0.2, 0.25) is 0 Å². The number of benzene rings is 1. The summed E-state index contributed by atoms with van der Waals surface area (Å²) in [6, 6.07) is 8.16. The number of carbonyl (C=O) groups excluding carboxylic acids is 1. The number of amides is 2. The maximum atomic E-state index is 12.5. The van der Waals surface area contributed by atoms with Gasteiger partial charge in [-0.15, -0.1) is 11.3 Å². The Hall–Kier alpha value is -2.28. The van der Waals surface area contributed by atoms with Crippen LogP contribution in [0.25, 0.3) is 0 Å². The largest absolute Gasteiger partial charge is 0.495 e. The first-order chi connectivity index (χ1) is 12.7. The molecule has 26 heavy (non-hydrogen) atoms. The third kappa shape index (κ3) is 3.49. The highest BCUT2D eigenvalue weighted by Crippen LogP contribution is 2.31. The van der Waals surface area contributed by atoms with Crippen molar-refractivity contribution in [1.82, 2.24) is 15.2 Å². The van der Waals surface area contributed by atoms with Gasteiger partial charge in [-0.05, 0) is 24.5 Å². The molecule has 1 aromatic heterocycles. The van der Waals surface area contributed by atoms with Gasteiger partial charge in [0.15, 0.2) is 0 Å². The minimum Gasteiger partial charge on any atom is -0.495 e. The topological polar surface area (TPSA) is 57.7 Å². The molecule has 0 aliphatic carbocycles. The second kappa shape index (κ2) is 7.53. The number of ether oxygens (including phenoxy) is 1. The molecule has 0 radical (unpaired) electrons. The van der Waals surface area contributed by atoms with Crippen molar-refractivity contribution in [3.63, 3.8) is 0 Å². The number of aromatic nitrogens is 1. The molecule has 3 heterocycles. The molecule has 2 amide bonds. The van der Waals surface area contributed by atoms with Crippen LogP contribution in [0.4, 0.5) is 10.5 Å². The fourth-order valence-electron chi connectivity index (χ4n) is 3.75. The van der Waals surface area contributed by atoms with Gasteiger partial charge in [0.1, 0.15) is 5.75 Å². The van der Waals surface area contributed by atoms with E-state index in [-0.39, 0.29) is 6.03 Å². The van der Waals surface area contributed by atoms with Crippen LogP contribution in [-0.2, 0) is 13.0 Å². The first kappa shape index (κ1) is 17.1. The molecule has 1 atom stereocenters. The number of thiazole rings is 1. The Bertz CT molecular complexity index is 778. The Morgan fingerprint density at radius 3 is 3.15 bits per heavy atom. The molecule has 6 nitrogen and oxygen atoms in total. The predicted octanol–water partition coefficient (Wildman–Crippen LogP) is 2.75. The van der Waals surface area contributed by atoms with E-state index in [9.17, 15) is 4.79 Å². The molecule has 1 aromatic carbocycles. The van der Waals surface area contributed by atoms with Crippen molar-refractivity contribution < 1.29 is 9.53 Å². The van der Waals surface area contributed by atoms with Crippen LogP contribution in [0.15, 0.2) is 29.8 Å². The summed E-state index contributed by atoms with van der Waals surface area (Å²) in [4.78, 5) is 22.3. The van der Waals surface area contributed by atoms with Crippen molar-refractivity contribution >= 4 is 23.1 Å².